The van der Waals surface area contributed by atoms with Gasteiger partial charge in [0.05, 0.1) is 4.92 Å². The molecule has 1 aliphatic rings. The Morgan fingerprint density at radius 1 is 1.33 bits per heavy atom. The minimum absolute atomic E-state index is 0.00472. The molecular weight excluding hydrogens is 356 g/mol. The molecule has 0 spiro atoms. The van der Waals surface area contributed by atoms with Crippen LogP contribution >= 0.6 is 0 Å². The highest BCUT2D eigenvalue weighted by molar-refractivity contribution is 5.86. The Kier molecular flexibility index (Phi) is 6.22. The van der Waals surface area contributed by atoms with Gasteiger partial charge in [-0.25, -0.2) is 9.59 Å². The van der Waals surface area contributed by atoms with E-state index < -0.39 is 17.1 Å². The molecule has 2 amide bonds. The largest absolute Gasteiger partial charge is 0.465 e. The SMILES string of the molecule is CN(C(=O)O)[C@@H]1CCC[C@H](c2c[nH]c3ccc([N+](=O)[O-])cc23)C1.NC(=O)O. The van der Waals surface area contributed by atoms with Gasteiger partial charge in [0.25, 0.3) is 5.69 Å². The molecule has 0 aliphatic heterocycles. The van der Waals surface area contributed by atoms with Crippen LogP contribution in [-0.2, 0) is 0 Å². The molecule has 1 fully saturated rings. The van der Waals surface area contributed by atoms with Crippen molar-refractivity contribution in [1.82, 2.24) is 9.88 Å². The smallest absolute Gasteiger partial charge is 0.407 e. The van der Waals surface area contributed by atoms with E-state index in [1.807, 2.05) is 6.20 Å². The van der Waals surface area contributed by atoms with E-state index in [0.717, 1.165) is 42.1 Å². The third-order valence-electron chi connectivity index (χ3n) is 4.84. The molecule has 2 aromatic rings. The van der Waals surface area contributed by atoms with Gasteiger partial charge in [-0.2, -0.15) is 0 Å². The fourth-order valence-corrected chi connectivity index (χ4v) is 3.54. The summed E-state index contributed by atoms with van der Waals surface area (Å²) in [5.41, 5.74) is 6.03. The summed E-state index contributed by atoms with van der Waals surface area (Å²) in [4.78, 5) is 35.1. The second-order valence-electron chi connectivity index (χ2n) is 6.48. The number of hydrogen-bond acceptors (Lipinski definition) is 4. The fourth-order valence-electron chi connectivity index (χ4n) is 3.54. The van der Waals surface area contributed by atoms with Crippen LogP contribution in [0.2, 0.25) is 0 Å². The molecule has 27 heavy (non-hydrogen) atoms. The van der Waals surface area contributed by atoms with Crippen LogP contribution in [0.5, 0.6) is 0 Å². The number of aromatic nitrogens is 1. The number of carbonyl (C=O) groups is 2. The molecule has 0 unspecified atom stereocenters. The number of non-ortho nitro benzene ring substituents is 1. The normalized spacial score (nSPS) is 19.0. The van der Waals surface area contributed by atoms with Crippen LogP contribution in [0.4, 0.5) is 15.3 Å². The topological polar surface area (TPSA) is 163 Å². The molecule has 146 valence electrons. The molecule has 0 radical (unpaired) electrons. The van der Waals surface area contributed by atoms with Crippen LogP contribution in [0.15, 0.2) is 24.4 Å². The molecule has 0 bridgehead atoms. The number of rotatable bonds is 3. The first-order valence-electron chi connectivity index (χ1n) is 8.40. The summed E-state index contributed by atoms with van der Waals surface area (Å²) in [6.07, 6.45) is 3.20. The fraction of sp³-hybridized carbons (Fsp3) is 0.412. The van der Waals surface area contributed by atoms with Crippen LogP contribution in [-0.4, -0.2) is 50.3 Å². The molecule has 0 saturated heterocycles. The number of fused-ring (bicyclic) bond motifs is 1. The van der Waals surface area contributed by atoms with Crippen LogP contribution in [0.25, 0.3) is 10.9 Å². The van der Waals surface area contributed by atoms with E-state index >= 15 is 0 Å². The number of aromatic amines is 1. The number of nitro groups is 1. The van der Waals surface area contributed by atoms with Gasteiger partial charge in [-0.05, 0) is 36.8 Å². The number of H-pyrrole nitrogens is 1. The lowest BCUT2D eigenvalue weighted by atomic mass is 9.81. The summed E-state index contributed by atoms with van der Waals surface area (Å²) in [5, 5.41) is 28.2. The van der Waals surface area contributed by atoms with Crippen molar-refractivity contribution in [2.75, 3.05) is 7.05 Å². The second-order valence-corrected chi connectivity index (χ2v) is 6.48. The zero-order chi connectivity index (χ0) is 20.1. The van der Waals surface area contributed by atoms with Gasteiger partial charge >= 0.3 is 12.2 Å². The van der Waals surface area contributed by atoms with Gasteiger partial charge in [0.1, 0.15) is 0 Å². The Morgan fingerprint density at radius 3 is 2.59 bits per heavy atom. The Hall–Kier alpha value is -3.30. The molecule has 3 rings (SSSR count). The maximum absolute atomic E-state index is 11.2. The number of hydrogen-bond donors (Lipinski definition) is 4. The average molecular weight is 378 g/mol. The van der Waals surface area contributed by atoms with Crippen molar-refractivity contribution in [3.05, 3.63) is 40.1 Å². The van der Waals surface area contributed by atoms with Gasteiger partial charge in [-0.3, -0.25) is 10.1 Å². The lowest BCUT2D eigenvalue weighted by molar-refractivity contribution is -0.384. The second kappa shape index (κ2) is 8.39. The molecule has 1 saturated carbocycles. The number of amides is 2. The molecule has 1 heterocycles. The Balaban J connectivity index is 0.000000596. The maximum Gasteiger partial charge on any atom is 0.407 e. The molecule has 5 N–H and O–H groups in total. The zero-order valence-electron chi connectivity index (χ0n) is 14.8. The first kappa shape index (κ1) is 20.0. The zero-order valence-corrected chi connectivity index (χ0v) is 14.8. The average Bonchev–Trinajstić information content (AvgIpc) is 3.03. The number of nitro benzene ring substituents is 1. The molecule has 1 aromatic carbocycles. The summed E-state index contributed by atoms with van der Waals surface area (Å²) in [5.74, 6) is 0.214. The van der Waals surface area contributed by atoms with Crippen molar-refractivity contribution in [2.24, 2.45) is 5.73 Å². The number of nitrogens with zero attached hydrogens (tertiary/aromatic N) is 2. The summed E-state index contributed by atoms with van der Waals surface area (Å²) in [6, 6.07) is 4.81. The maximum atomic E-state index is 11.2. The van der Waals surface area contributed by atoms with Crippen molar-refractivity contribution < 1.29 is 24.7 Å². The van der Waals surface area contributed by atoms with Gasteiger partial charge in [0.15, 0.2) is 0 Å². The molecule has 10 nitrogen and oxygen atoms in total. The van der Waals surface area contributed by atoms with Gasteiger partial charge < -0.3 is 25.8 Å². The first-order valence-corrected chi connectivity index (χ1v) is 8.40. The van der Waals surface area contributed by atoms with Gasteiger partial charge in [0.2, 0.25) is 0 Å². The van der Waals surface area contributed by atoms with Crippen LogP contribution in [0.1, 0.15) is 37.2 Å². The Morgan fingerprint density at radius 2 is 2.00 bits per heavy atom. The van der Waals surface area contributed by atoms with E-state index in [-0.39, 0.29) is 17.6 Å². The molecule has 1 aromatic heterocycles. The highest BCUT2D eigenvalue weighted by atomic mass is 16.6. The third-order valence-corrected chi connectivity index (χ3v) is 4.84. The standard InChI is InChI=1S/C16H19N3O4.CH3NO2/c1-18(16(20)21)11-4-2-3-10(7-11)14-9-17-15-6-5-12(19(22)23)8-13(14)15;2-1(3)4/h5-6,8-11,17H,2-4,7H2,1H3,(H,20,21);2H2,(H,3,4)/t10-,11+;/m0./s1. The van der Waals surface area contributed by atoms with Crippen molar-refractivity contribution in [2.45, 2.75) is 37.6 Å². The van der Waals surface area contributed by atoms with E-state index in [0.29, 0.717) is 0 Å². The third kappa shape index (κ3) is 4.87. The van der Waals surface area contributed by atoms with Crippen LogP contribution in [0, 0.1) is 10.1 Å². The molecular formula is C17H22N4O6. The number of nitrogens with one attached hydrogen (secondary N) is 1. The van der Waals surface area contributed by atoms with E-state index in [1.165, 1.54) is 11.0 Å². The number of nitrogens with two attached hydrogens (primary N) is 1. The van der Waals surface area contributed by atoms with E-state index in [4.69, 9.17) is 15.0 Å². The highest BCUT2D eigenvalue weighted by Crippen LogP contribution is 2.38. The summed E-state index contributed by atoms with van der Waals surface area (Å²) >= 11 is 0. The summed E-state index contributed by atoms with van der Waals surface area (Å²) in [6.45, 7) is 0. The van der Waals surface area contributed by atoms with E-state index in [2.05, 4.69) is 10.7 Å². The van der Waals surface area contributed by atoms with Gasteiger partial charge in [0, 0.05) is 42.3 Å². The lowest BCUT2D eigenvalue weighted by Crippen LogP contribution is -2.38. The summed E-state index contributed by atoms with van der Waals surface area (Å²) in [7, 11) is 1.61. The van der Waals surface area contributed by atoms with Gasteiger partial charge in [-0.1, -0.05) is 6.42 Å². The number of benzene rings is 1. The molecule has 10 heteroatoms. The highest BCUT2D eigenvalue weighted by Gasteiger charge is 2.29. The molecule has 2 atom stereocenters. The van der Waals surface area contributed by atoms with Crippen molar-refractivity contribution >= 4 is 28.8 Å². The Bertz CT molecular complexity index is 845. The minimum atomic E-state index is -1.33. The van der Waals surface area contributed by atoms with Crippen molar-refractivity contribution in [3.63, 3.8) is 0 Å². The minimum Gasteiger partial charge on any atom is -0.465 e. The van der Waals surface area contributed by atoms with Crippen LogP contribution < -0.4 is 5.73 Å². The van der Waals surface area contributed by atoms with Gasteiger partial charge in [-0.15, -0.1) is 0 Å². The van der Waals surface area contributed by atoms with E-state index in [9.17, 15) is 14.9 Å². The summed E-state index contributed by atoms with van der Waals surface area (Å²) < 4.78 is 0. The molecule has 1 aliphatic carbocycles. The quantitative estimate of drug-likeness (QED) is 0.473. The monoisotopic (exact) mass is 378 g/mol. The predicted molar refractivity (Wildman–Crippen MR) is 98.0 cm³/mol. The van der Waals surface area contributed by atoms with Crippen LogP contribution in [0.3, 0.4) is 0 Å². The lowest BCUT2D eigenvalue weighted by Gasteiger charge is -2.33. The number of carboxylic acid groups (broad SMARTS) is 2. The predicted octanol–water partition coefficient (Wildman–Crippen LogP) is 3.34. The van der Waals surface area contributed by atoms with Crippen molar-refractivity contribution in [1.29, 1.82) is 0 Å². The number of primary amides is 1. The first-order chi connectivity index (χ1) is 12.7. The Labute approximate surface area is 154 Å². The van der Waals surface area contributed by atoms with E-state index in [1.54, 1.807) is 19.2 Å². The van der Waals surface area contributed by atoms with Crippen molar-refractivity contribution in [3.8, 4) is 0 Å².